The number of carboxylic acids is 1. The van der Waals surface area contributed by atoms with E-state index in [1.165, 1.54) is 0 Å². The zero-order valence-electron chi connectivity index (χ0n) is 25.2. The first-order chi connectivity index (χ1) is 21.8. The number of aromatic nitrogens is 3. The summed E-state index contributed by atoms with van der Waals surface area (Å²) in [5, 5.41) is 18.1. The number of carboxylic acid groups (broad SMARTS) is 1. The molecule has 2 heterocycles. The predicted octanol–water partition coefficient (Wildman–Crippen LogP) is 7.90. The van der Waals surface area contributed by atoms with Crippen molar-refractivity contribution >= 4 is 49.9 Å². The first-order valence-electron chi connectivity index (χ1n) is 14.6. The van der Waals surface area contributed by atoms with Crippen LogP contribution in [0.1, 0.15) is 44.2 Å². The van der Waals surface area contributed by atoms with Gasteiger partial charge in [0.05, 0.1) is 12.1 Å². The van der Waals surface area contributed by atoms with E-state index in [-0.39, 0.29) is 12.3 Å². The van der Waals surface area contributed by atoms with Crippen molar-refractivity contribution in [2.24, 2.45) is 14.1 Å². The van der Waals surface area contributed by atoms with E-state index in [9.17, 15) is 14.7 Å². The summed E-state index contributed by atoms with van der Waals surface area (Å²) in [7, 11) is 3.68. The summed E-state index contributed by atoms with van der Waals surface area (Å²) in [6.45, 7) is 2.61. The highest BCUT2D eigenvalue weighted by atomic mass is 79.9. The van der Waals surface area contributed by atoms with Gasteiger partial charge in [-0.1, -0.05) is 70.5 Å². The number of carbonyl (C=O) groups is 2. The lowest BCUT2D eigenvalue weighted by Gasteiger charge is -2.11. The topological polar surface area (TPSA) is 95.6 Å². The van der Waals surface area contributed by atoms with Crippen LogP contribution in [0.25, 0.3) is 32.8 Å². The van der Waals surface area contributed by atoms with Crippen LogP contribution in [0.3, 0.4) is 0 Å². The third kappa shape index (κ3) is 5.71. The van der Waals surface area contributed by atoms with Gasteiger partial charge in [-0.3, -0.25) is 9.48 Å². The minimum Gasteiger partial charge on any atom is -0.493 e. The van der Waals surface area contributed by atoms with E-state index in [4.69, 9.17) is 14.6 Å². The summed E-state index contributed by atoms with van der Waals surface area (Å²) in [6.07, 6.45) is 1.96. The molecule has 2 aromatic heterocycles. The van der Waals surface area contributed by atoms with Crippen LogP contribution in [0.4, 0.5) is 0 Å². The molecular weight excluding hydrogens is 634 g/mol. The Hall–Kier alpha value is -4.89. The van der Waals surface area contributed by atoms with Crippen LogP contribution in [-0.2, 0) is 27.1 Å². The Bertz CT molecular complexity index is 2070. The number of fused-ring (bicyclic) bond motifs is 2. The van der Waals surface area contributed by atoms with Gasteiger partial charge in [0.2, 0.25) is 0 Å². The second kappa shape index (κ2) is 12.6. The van der Waals surface area contributed by atoms with Gasteiger partial charge in [0.15, 0.2) is 6.29 Å². The van der Waals surface area contributed by atoms with Gasteiger partial charge < -0.3 is 19.1 Å². The van der Waals surface area contributed by atoms with Crippen LogP contribution in [-0.4, -0.2) is 38.3 Å². The highest BCUT2D eigenvalue weighted by Gasteiger charge is 2.25. The van der Waals surface area contributed by atoms with E-state index in [1.54, 1.807) is 34.5 Å². The van der Waals surface area contributed by atoms with E-state index in [0.717, 1.165) is 56.1 Å². The van der Waals surface area contributed by atoms with Crippen molar-refractivity contribution in [2.45, 2.75) is 26.4 Å². The summed E-state index contributed by atoms with van der Waals surface area (Å²) in [5.41, 5.74) is 5.76. The molecule has 0 amide bonds. The van der Waals surface area contributed by atoms with Crippen molar-refractivity contribution in [2.75, 3.05) is 6.61 Å². The molecule has 8 nitrogen and oxygen atoms in total. The van der Waals surface area contributed by atoms with Crippen molar-refractivity contribution in [1.82, 2.24) is 14.3 Å². The number of aryl methyl sites for hydroxylation is 3. The molecule has 228 valence electrons. The molecule has 0 saturated heterocycles. The number of nitrogens with zero attached hydrogens (tertiary/aromatic N) is 3. The second-order valence-electron chi connectivity index (χ2n) is 10.9. The maximum Gasteiger partial charge on any atom is 0.352 e. The molecule has 0 aliphatic rings. The van der Waals surface area contributed by atoms with Crippen LogP contribution in [0.5, 0.6) is 11.5 Å². The molecule has 0 radical (unpaired) electrons. The molecule has 6 aromatic rings. The second-order valence-corrected chi connectivity index (χ2v) is 11.8. The van der Waals surface area contributed by atoms with Gasteiger partial charge in [-0.25, -0.2) is 4.79 Å². The van der Waals surface area contributed by atoms with Crippen molar-refractivity contribution in [3.05, 3.63) is 112 Å². The van der Waals surface area contributed by atoms with Gasteiger partial charge in [-0.2, -0.15) is 5.10 Å². The number of para-hydroxylation sites is 1. The van der Waals surface area contributed by atoms with Crippen LogP contribution in [0.15, 0.2) is 83.3 Å². The van der Waals surface area contributed by atoms with Crippen molar-refractivity contribution in [1.29, 1.82) is 0 Å². The van der Waals surface area contributed by atoms with Crippen LogP contribution in [0, 0.1) is 6.92 Å². The lowest BCUT2D eigenvalue weighted by atomic mass is 9.98. The zero-order chi connectivity index (χ0) is 31.7. The molecule has 0 saturated carbocycles. The predicted molar refractivity (Wildman–Crippen MR) is 178 cm³/mol. The molecule has 0 bridgehead atoms. The standard InChI is InChI=1S/C36H32BrN3O5/c1-22-33(31(38-40(22)3)21-45-25-16-17-30(37)24(19-25)20-41)29-13-7-12-27-28(35(36(42)43)39(2)34(27)29)14-8-18-44-32-15-6-10-23-9-4-5-11-26(23)32/h4-7,9-13,15-17,19-20H,8,14,18,21H2,1-3H3,(H,42,43). The highest BCUT2D eigenvalue weighted by Crippen LogP contribution is 2.38. The Morgan fingerprint density at radius 2 is 1.73 bits per heavy atom. The molecule has 4 aromatic carbocycles. The van der Waals surface area contributed by atoms with Gasteiger partial charge in [-0.15, -0.1) is 0 Å². The molecule has 1 N–H and O–H groups in total. The van der Waals surface area contributed by atoms with E-state index in [1.807, 2.05) is 62.5 Å². The van der Waals surface area contributed by atoms with Crippen LogP contribution in [0.2, 0.25) is 0 Å². The Labute approximate surface area is 268 Å². The third-order valence-electron chi connectivity index (χ3n) is 8.24. The number of halogens is 1. The summed E-state index contributed by atoms with van der Waals surface area (Å²) >= 11 is 3.37. The van der Waals surface area contributed by atoms with Gasteiger partial charge >= 0.3 is 5.97 Å². The lowest BCUT2D eigenvalue weighted by Crippen LogP contribution is -2.09. The van der Waals surface area contributed by atoms with Gasteiger partial charge in [0, 0.05) is 51.7 Å². The Morgan fingerprint density at radius 3 is 2.53 bits per heavy atom. The molecule has 9 heteroatoms. The number of carbonyl (C=O) groups excluding carboxylic acids is 1. The summed E-state index contributed by atoms with van der Waals surface area (Å²) in [5.74, 6) is 0.393. The van der Waals surface area contributed by atoms with Crippen molar-refractivity contribution in [3.8, 4) is 22.6 Å². The molecule has 0 fully saturated rings. The fourth-order valence-corrected chi connectivity index (χ4v) is 6.39. The third-order valence-corrected chi connectivity index (χ3v) is 8.97. The van der Waals surface area contributed by atoms with Crippen molar-refractivity contribution in [3.63, 3.8) is 0 Å². The maximum atomic E-state index is 12.6. The number of hydrogen-bond acceptors (Lipinski definition) is 5. The minimum atomic E-state index is -0.975. The molecule has 45 heavy (non-hydrogen) atoms. The SMILES string of the molecule is Cc1c(-c2cccc3c(CCCOc4cccc5ccccc45)c(C(=O)O)n(C)c23)c(COc2ccc(Br)c(C=O)c2)nn1C. The Kier molecular flexibility index (Phi) is 8.45. The normalized spacial score (nSPS) is 11.3. The number of hydrogen-bond donors (Lipinski definition) is 1. The minimum absolute atomic E-state index is 0.169. The molecule has 6 rings (SSSR count). The Balaban J connectivity index is 1.32. The van der Waals surface area contributed by atoms with E-state index >= 15 is 0 Å². The lowest BCUT2D eigenvalue weighted by molar-refractivity contribution is 0.0685. The summed E-state index contributed by atoms with van der Waals surface area (Å²) in [6, 6.07) is 25.3. The molecule has 0 unspecified atom stereocenters. The average molecular weight is 667 g/mol. The van der Waals surface area contributed by atoms with Crippen LogP contribution >= 0.6 is 15.9 Å². The van der Waals surface area contributed by atoms with Gasteiger partial charge in [0.1, 0.15) is 29.5 Å². The fraction of sp³-hybridized carbons (Fsp3) is 0.194. The molecule has 0 aliphatic heterocycles. The first-order valence-corrected chi connectivity index (χ1v) is 15.4. The molecular formula is C36H32BrN3O5. The monoisotopic (exact) mass is 665 g/mol. The van der Waals surface area contributed by atoms with Gasteiger partial charge in [-0.05, 0) is 55.0 Å². The number of benzene rings is 4. The number of ether oxygens (including phenoxy) is 2. The van der Waals surface area contributed by atoms with Crippen molar-refractivity contribution < 1.29 is 24.2 Å². The number of aromatic carboxylic acids is 1. The molecule has 0 atom stereocenters. The Morgan fingerprint density at radius 1 is 0.978 bits per heavy atom. The first kappa shape index (κ1) is 30.1. The number of rotatable bonds is 11. The summed E-state index contributed by atoms with van der Waals surface area (Å²) < 4.78 is 16.5. The number of aldehydes is 1. The van der Waals surface area contributed by atoms with Gasteiger partial charge in [0.25, 0.3) is 0 Å². The quantitative estimate of drug-likeness (QED) is 0.112. The summed E-state index contributed by atoms with van der Waals surface area (Å²) in [4.78, 5) is 24.0. The fourth-order valence-electron chi connectivity index (χ4n) is 6.05. The van der Waals surface area contributed by atoms with Crippen LogP contribution < -0.4 is 9.47 Å². The maximum absolute atomic E-state index is 12.6. The zero-order valence-corrected chi connectivity index (χ0v) is 26.8. The molecule has 0 spiro atoms. The largest absolute Gasteiger partial charge is 0.493 e. The van der Waals surface area contributed by atoms with E-state index in [2.05, 4.69) is 28.1 Å². The molecule has 0 aliphatic carbocycles. The van der Waals surface area contributed by atoms with E-state index < -0.39 is 5.97 Å². The highest BCUT2D eigenvalue weighted by molar-refractivity contribution is 9.10. The van der Waals surface area contributed by atoms with E-state index in [0.29, 0.717) is 40.9 Å². The average Bonchev–Trinajstić information content (AvgIpc) is 3.50. The smallest absolute Gasteiger partial charge is 0.352 e.